The van der Waals surface area contributed by atoms with Crippen molar-refractivity contribution in [1.29, 1.82) is 0 Å². The standard InChI is InChI=1S/C22H26BrN3O4/c1-16-3-5-17(6-4-16)15-30-21-12-19(23)18(11-20(21)28-2)13-24-25-22(27)14-26-7-9-29-10-8-26/h3-6,11-13H,7-10,14-15H2,1-2H3,(H,25,27). The molecule has 0 saturated carbocycles. The minimum absolute atomic E-state index is 0.158. The van der Waals surface area contributed by atoms with Crippen LogP contribution in [-0.4, -0.2) is 57.0 Å². The van der Waals surface area contributed by atoms with Crippen LogP contribution in [0.15, 0.2) is 46.0 Å². The average molecular weight is 476 g/mol. The Kier molecular flexibility index (Phi) is 8.24. The summed E-state index contributed by atoms with van der Waals surface area (Å²) in [5.41, 5.74) is 5.61. The number of rotatable bonds is 8. The first-order valence-electron chi connectivity index (χ1n) is 9.73. The van der Waals surface area contributed by atoms with Crippen LogP contribution in [-0.2, 0) is 16.1 Å². The number of methoxy groups -OCH3 is 1. The Labute approximate surface area is 185 Å². The topological polar surface area (TPSA) is 72.4 Å². The molecular weight excluding hydrogens is 450 g/mol. The van der Waals surface area contributed by atoms with Crippen molar-refractivity contribution >= 4 is 28.1 Å². The smallest absolute Gasteiger partial charge is 0.254 e. The molecule has 1 fully saturated rings. The first-order chi connectivity index (χ1) is 14.5. The number of halogens is 1. The maximum absolute atomic E-state index is 12.0. The third-order valence-corrected chi connectivity index (χ3v) is 5.35. The van der Waals surface area contributed by atoms with Crippen LogP contribution in [0.4, 0.5) is 0 Å². The van der Waals surface area contributed by atoms with Crippen molar-refractivity contribution in [3.05, 3.63) is 57.6 Å². The SMILES string of the molecule is COc1cc(C=NNC(=O)CN2CCOCC2)c(Br)cc1OCc1ccc(C)cc1. The second-order valence-corrected chi connectivity index (χ2v) is 7.83. The summed E-state index contributed by atoms with van der Waals surface area (Å²) in [6, 6.07) is 11.8. The highest BCUT2D eigenvalue weighted by Gasteiger charge is 2.14. The fourth-order valence-corrected chi connectivity index (χ4v) is 3.36. The van der Waals surface area contributed by atoms with Gasteiger partial charge in [0.05, 0.1) is 33.1 Å². The zero-order chi connectivity index (χ0) is 21.3. The number of aryl methyl sites for hydroxylation is 1. The van der Waals surface area contributed by atoms with Gasteiger partial charge in [-0.15, -0.1) is 0 Å². The van der Waals surface area contributed by atoms with Crippen LogP contribution in [0.3, 0.4) is 0 Å². The molecule has 7 nitrogen and oxygen atoms in total. The van der Waals surface area contributed by atoms with Crippen molar-refractivity contribution in [2.24, 2.45) is 5.10 Å². The molecule has 0 unspecified atom stereocenters. The minimum Gasteiger partial charge on any atom is -0.493 e. The predicted molar refractivity (Wildman–Crippen MR) is 119 cm³/mol. The van der Waals surface area contributed by atoms with Gasteiger partial charge in [0.25, 0.3) is 5.91 Å². The van der Waals surface area contributed by atoms with Crippen molar-refractivity contribution in [3.63, 3.8) is 0 Å². The Morgan fingerprint density at radius 2 is 1.97 bits per heavy atom. The molecule has 0 bridgehead atoms. The highest BCUT2D eigenvalue weighted by atomic mass is 79.9. The number of carbonyl (C=O) groups excluding carboxylic acids is 1. The van der Waals surface area contributed by atoms with Crippen LogP contribution < -0.4 is 14.9 Å². The molecule has 1 amide bonds. The minimum atomic E-state index is -0.158. The average Bonchev–Trinajstić information content (AvgIpc) is 2.75. The number of nitrogens with zero attached hydrogens (tertiary/aromatic N) is 2. The molecule has 0 aliphatic carbocycles. The molecular formula is C22H26BrN3O4. The first-order valence-corrected chi connectivity index (χ1v) is 10.5. The van der Waals surface area contributed by atoms with Gasteiger partial charge in [-0.05, 0) is 40.5 Å². The van der Waals surface area contributed by atoms with E-state index < -0.39 is 0 Å². The number of ether oxygens (including phenoxy) is 3. The summed E-state index contributed by atoms with van der Waals surface area (Å²) in [7, 11) is 1.59. The second kappa shape index (κ2) is 11.1. The van der Waals surface area contributed by atoms with Crippen molar-refractivity contribution in [2.45, 2.75) is 13.5 Å². The van der Waals surface area contributed by atoms with Crippen LogP contribution in [0.2, 0.25) is 0 Å². The summed E-state index contributed by atoms with van der Waals surface area (Å²) in [6.07, 6.45) is 1.58. The van der Waals surface area contributed by atoms with Crippen molar-refractivity contribution in [2.75, 3.05) is 40.0 Å². The van der Waals surface area contributed by atoms with E-state index in [1.807, 2.05) is 29.2 Å². The summed E-state index contributed by atoms with van der Waals surface area (Å²) in [4.78, 5) is 14.1. The first kappa shape index (κ1) is 22.3. The number of amides is 1. The van der Waals surface area contributed by atoms with E-state index in [0.717, 1.165) is 28.7 Å². The molecule has 1 aliphatic heterocycles. The van der Waals surface area contributed by atoms with Crippen LogP contribution in [0.25, 0.3) is 0 Å². The molecule has 160 valence electrons. The van der Waals surface area contributed by atoms with E-state index in [-0.39, 0.29) is 5.91 Å². The number of hydrogen-bond acceptors (Lipinski definition) is 6. The molecule has 3 rings (SSSR count). The molecule has 0 radical (unpaired) electrons. The van der Waals surface area contributed by atoms with E-state index in [1.54, 1.807) is 13.3 Å². The molecule has 1 N–H and O–H groups in total. The van der Waals surface area contributed by atoms with Crippen molar-refractivity contribution < 1.29 is 19.0 Å². The fourth-order valence-electron chi connectivity index (χ4n) is 2.94. The van der Waals surface area contributed by atoms with Crippen molar-refractivity contribution in [3.8, 4) is 11.5 Å². The molecule has 0 atom stereocenters. The Hall–Kier alpha value is -2.42. The van der Waals surface area contributed by atoms with Gasteiger partial charge in [0, 0.05) is 23.1 Å². The van der Waals surface area contributed by atoms with E-state index in [2.05, 4.69) is 45.5 Å². The van der Waals surface area contributed by atoms with Crippen molar-refractivity contribution in [1.82, 2.24) is 10.3 Å². The number of hydrogen-bond donors (Lipinski definition) is 1. The molecule has 1 aliphatic rings. The van der Waals surface area contributed by atoms with Gasteiger partial charge in [0.15, 0.2) is 11.5 Å². The third-order valence-electron chi connectivity index (χ3n) is 4.66. The van der Waals surface area contributed by atoms with Gasteiger partial charge in [-0.3, -0.25) is 9.69 Å². The van der Waals surface area contributed by atoms with Gasteiger partial charge in [-0.25, -0.2) is 5.43 Å². The summed E-state index contributed by atoms with van der Waals surface area (Å²) >= 11 is 3.53. The number of carbonyl (C=O) groups is 1. The molecule has 30 heavy (non-hydrogen) atoms. The molecule has 0 aromatic heterocycles. The van der Waals surface area contributed by atoms with Gasteiger partial charge < -0.3 is 14.2 Å². The van der Waals surface area contributed by atoms with Gasteiger partial charge in [-0.1, -0.05) is 29.8 Å². The summed E-state index contributed by atoms with van der Waals surface area (Å²) in [5, 5.41) is 4.07. The van der Waals surface area contributed by atoms with Gasteiger partial charge in [0.1, 0.15) is 6.61 Å². The number of hydrazone groups is 1. The van der Waals surface area contributed by atoms with Gasteiger partial charge in [-0.2, -0.15) is 5.10 Å². The van der Waals surface area contributed by atoms with E-state index in [9.17, 15) is 4.79 Å². The Morgan fingerprint density at radius 3 is 2.67 bits per heavy atom. The Balaban J connectivity index is 1.59. The summed E-state index contributed by atoms with van der Waals surface area (Å²) in [6.45, 7) is 5.61. The number of benzene rings is 2. The maximum atomic E-state index is 12.0. The molecule has 1 saturated heterocycles. The Morgan fingerprint density at radius 1 is 1.23 bits per heavy atom. The highest BCUT2D eigenvalue weighted by molar-refractivity contribution is 9.10. The number of morpholine rings is 1. The normalized spacial score (nSPS) is 14.6. The highest BCUT2D eigenvalue weighted by Crippen LogP contribution is 2.33. The maximum Gasteiger partial charge on any atom is 0.254 e. The van der Waals surface area contributed by atoms with E-state index in [0.29, 0.717) is 37.9 Å². The lowest BCUT2D eigenvalue weighted by Gasteiger charge is -2.25. The third kappa shape index (κ3) is 6.55. The lowest BCUT2D eigenvalue weighted by Crippen LogP contribution is -2.42. The monoisotopic (exact) mass is 475 g/mol. The van der Waals surface area contributed by atoms with Crippen LogP contribution in [0.5, 0.6) is 11.5 Å². The lowest BCUT2D eigenvalue weighted by atomic mass is 10.2. The van der Waals surface area contributed by atoms with E-state index >= 15 is 0 Å². The summed E-state index contributed by atoms with van der Waals surface area (Å²) < 4.78 is 17.5. The quantitative estimate of drug-likeness (QED) is 0.468. The fraction of sp³-hybridized carbons (Fsp3) is 0.364. The van der Waals surface area contributed by atoms with E-state index in [4.69, 9.17) is 14.2 Å². The predicted octanol–water partition coefficient (Wildman–Crippen LogP) is 3.13. The second-order valence-electron chi connectivity index (χ2n) is 6.98. The van der Waals surface area contributed by atoms with Crippen LogP contribution in [0, 0.1) is 6.92 Å². The van der Waals surface area contributed by atoms with E-state index in [1.165, 1.54) is 5.56 Å². The molecule has 2 aromatic rings. The van der Waals surface area contributed by atoms with Gasteiger partial charge >= 0.3 is 0 Å². The Bertz CT molecular complexity index is 881. The molecule has 2 aromatic carbocycles. The largest absolute Gasteiger partial charge is 0.493 e. The van der Waals surface area contributed by atoms with Crippen LogP contribution in [0.1, 0.15) is 16.7 Å². The lowest BCUT2D eigenvalue weighted by molar-refractivity contribution is -0.123. The zero-order valence-corrected chi connectivity index (χ0v) is 18.8. The summed E-state index contributed by atoms with van der Waals surface area (Å²) in [5.74, 6) is 1.05. The molecule has 1 heterocycles. The number of nitrogens with one attached hydrogen (secondary N) is 1. The van der Waals surface area contributed by atoms with Crippen LogP contribution >= 0.6 is 15.9 Å². The van der Waals surface area contributed by atoms with Gasteiger partial charge in [0.2, 0.25) is 0 Å². The molecule has 0 spiro atoms. The molecule has 8 heteroatoms. The zero-order valence-electron chi connectivity index (χ0n) is 17.2.